The molecule has 0 bridgehead atoms. The molecular weight excluding hydrogens is 470 g/mol. The summed E-state index contributed by atoms with van der Waals surface area (Å²) in [7, 11) is 6.62. The van der Waals surface area contributed by atoms with Crippen LogP contribution in [0.4, 0.5) is 0 Å². The maximum Gasteiger partial charge on any atom is 0.236 e. The largest absolute Gasteiger partial charge is 0.341 e. The number of amides is 1. The molecule has 1 unspecified atom stereocenters. The maximum atomic E-state index is 13.8. The minimum atomic E-state index is -0.0947. The molecule has 38 heavy (non-hydrogen) atoms. The molecule has 1 saturated heterocycles. The fraction of sp³-hybridized carbons (Fsp3) is 0.758. The molecule has 5 nitrogen and oxygen atoms in total. The van der Waals surface area contributed by atoms with Gasteiger partial charge in [-0.1, -0.05) is 52.7 Å². The summed E-state index contributed by atoms with van der Waals surface area (Å²) >= 11 is 0. The summed E-state index contributed by atoms with van der Waals surface area (Å²) in [5, 5.41) is 0. The Hall–Kier alpha value is -1.72. The Morgan fingerprint density at radius 1 is 1.05 bits per heavy atom. The van der Waals surface area contributed by atoms with E-state index in [1.165, 1.54) is 28.5 Å². The van der Waals surface area contributed by atoms with Gasteiger partial charge in [0.25, 0.3) is 0 Å². The molecule has 0 aromatic heterocycles. The molecule has 1 fully saturated rings. The quantitative estimate of drug-likeness (QED) is 0.203. The molecule has 2 rings (SSSR count). The summed E-state index contributed by atoms with van der Waals surface area (Å²) in [6.45, 7) is 19.4. The standard InChI is InChI=1S/C33H58N3O2/c1-11-13-16-34(17-14-18-36(8,9)10)32(38)23-35-22-29(28-19-25(3)27(5)26(4)20-28)30(24-37)31(35)21-33(6,7)15-12-2/h19-20,24,29-31H,11-18,21-23H2,1-10H3/q+1/t29-,30?,31+/m1/s1. The molecule has 0 spiro atoms. The van der Waals surface area contributed by atoms with Crippen LogP contribution in [-0.4, -0.2) is 86.4 Å². The second kappa shape index (κ2) is 14.1. The van der Waals surface area contributed by atoms with E-state index in [0.29, 0.717) is 6.54 Å². The van der Waals surface area contributed by atoms with E-state index >= 15 is 0 Å². The number of hydrogen-bond acceptors (Lipinski definition) is 3. The Morgan fingerprint density at radius 2 is 1.66 bits per heavy atom. The van der Waals surface area contributed by atoms with Crippen molar-refractivity contribution in [2.45, 2.75) is 99.0 Å². The van der Waals surface area contributed by atoms with Gasteiger partial charge in [-0.05, 0) is 67.7 Å². The highest BCUT2D eigenvalue weighted by Gasteiger charge is 2.45. The van der Waals surface area contributed by atoms with Crippen molar-refractivity contribution in [1.82, 2.24) is 9.80 Å². The number of carbonyl (C=O) groups is 2. The molecule has 1 aromatic carbocycles. The van der Waals surface area contributed by atoms with Gasteiger partial charge in [0, 0.05) is 43.9 Å². The lowest BCUT2D eigenvalue weighted by Crippen LogP contribution is -2.46. The number of quaternary nitrogens is 1. The molecule has 1 aromatic rings. The van der Waals surface area contributed by atoms with Gasteiger partial charge >= 0.3 is 0 Å². The molecule has 0 aliphatic carbocycles. The van der Waals surface area contributed by atoms with Crippen molar-refractivity contribution in [1.29, 1.82) is 0 Å². The zero-order valence-corrected chi connectivity index (χ0v) is 26.4. The van der Waals surface area contributed by atoms with Crippen LogP contribution >= 0.6 is 0 Å². The summed E-state index contributed by atoms with van der Waals surface area (Å²) in [6.07, 6.45) is 7.51. The zero-order chi connectivity index (χ0) is 28.7. The van der Waals surface area contributed by atoms with Crippen LogP contribution in [0.5, 0.6) is 0 Å². The fourth-order valence-electron chi connectivity index (χ4n) is 6.33. The highest BCUT2D eigenvalue weighted by atomic mass is 16.2. The normalized spacial score (nSPS) is 20.6. The van der Waals surface area contributed by atoms with Gasteiger partial charge in [-0.15, -0.1) is 0 Å². The Kier molecular flexibility index (Phi) is 12.0. The minimum absolute atomic E-state index is 0.0872. The third-order valence-electron chi connectivity index (χ3n) is 8.76. The summed E-state index contributed by atoms with van der Waals surface area (Å²) in [5.74, 6) is 0.255. The minimum Gasteiger partial charge on any atom is -0.341 e. The van der Waals surface area contributed by atoms with Crippen LogP contribution in [0.1, 0.15) is 94.4 Å². The van der Waals surface area contributed by atoms with Gasteiger partial charge in [0.1, 0.15) is 6.29 Å². The van der Waals surface area contributed by atoms with Gasteiger partial charge in [0.15, 0.2) is 0 Å². The van der Waals surface area contributed by atoms with Crippen LogP contribution < -0.4 is 0 Å². The summed E-state index contributed by atoms with van der Waals surface area (Å²) in [6, 6.07) is 4.65. The van der Waals surface area contributed by atoms with Crippen LogP contribution in [0, 0.1) is 32.1 Å². The monoisotopic (exact) mass is 528 g/mol. The Bertz CT molecular complexity index is 894. The predicted octanol–water partition coefficient (Wildman–Crippen LogP) is 6.14. The number of carbonyl (C=O) groups excluding carboxylic acids is 2. The van der Waals surface area contributed by atoms with Crippen LogP contribution in [0.25, 0.3) is 0 Å². The third-order valence-corrected chi connectivity index (χ3v) is 8.76. The Balaban J connectivity index is 2.35. The second-order valence-corrected chi connectivity index (χ2v) is 13.8. The van der Waals surface area contributed by atoms with E-state index in [0.717, 1.165) is 69.2 Å². The molecule has 1 aliphatic heterocycles. The number of aldehydes is 1. The molecule has 1 aliphatic rings. The average molecular weight is 529 g/mol. The van der Waals surface area contributed by atoms with Crippen LogP contribution in [0.3, 0.4) is 0 Å². The van der Waals surface area contributed by atoms with E-state index in [-0.39, 0.29) is 29.2 Å². The molecule has 1 heterocycles. The molecule has 5 heteroatoms. The fourth-order valence-corrected chi connectivity index (χ4v) is 6.33. The lowest BCUT2D eigenvalue weighted by molar-refractivity contribution is -0.870. The third kappa shape index (κ3) is 9.19. The van der Waals surface area contributed by atoms with Gasteiger partial charge in [-0.3, -0.25) is 9.69 Å². The second-order valence-electron chi connectivity index (χ2n) is 13.8. The van der Waals surface area contributed by atoms with Crippen molar-refractivity contribution < 1.29 is 14.1 Å². The number of hydrogen-bond donors (Lipinski definition) is 0. The highest BCUT2D eigenvalue weighted by Crippen LogP contribution is 2.43. The van der Waals surface area contributed by atoms with Gasteiger partial charge in [0.2, 0.25) is 5.91 Å². The van der Waals surface area contributed by atoms with Crippen LogP contribution in [-0.2, 0) is 9.59 Å². The van der Waals surface area contributed by atoms with Crippen molar-refractivity contribution in [2.24, 2.45) is 11.3 Å². The van der Waals surface area contributed by atoms with E-state index in [4.69, 9.17) is 0 Å². The molecular formula is C33H58N3O2+. The van der Waals surface area contributed by atoms with E-state index in [1.807, 2.05) is 0 Å². The number of nitrogens with zero attached hydrogens (tertiary/aromatic N) is 3. The number of aryl methyl sites for hydroxylation is 2. The number of likely N-dealkylation sites (tertiary alicyclic amines) is 1. The molecule has 0 saturated carbocycles. The molecule has 0 N–H and O–H groups in total. The van der Waals surface area contributed by atoms with Crippen LogP contribution in [0.2, 0.25) is 0 Å². The number of unbranched alkanes of at least 4 members (excludes halogenated alkanes) is 1. The summed E-state index contributed by atoms with van der Waals surface area (Å²) in [5.41, 5.74) is 5.27. The SMILES string of the molecule is CCCCN(CCC[N+](C)(C)C)C(=O)CN1C[C@H](c2cc(C)c(C)c(C)c2)C(C=O)[C@@H]1CC(C)(C)CCC. The topological polar surface area (TPSA) is 40.6 Å². The first-order chi connectivity index (χ1) is 17.7. The van der Waals surface area contributed by atoms with Crippen molar-refractivity contribution in [3.8, 4) is 0 Å². The lowest BCUT2D eigenvalue weighted by Gasteiger charge is -2.35. The smallest absolute Gasteiger partial charge is 0.236 e. The van der Waals surface area contributed by atoms with E-state index in [2.05, 4.69) is 91.5 Å². The van der Waals surface area contributed by atoms with Crippen molar-refractivity contribution in [3.05, 3.63) is 34.4 Å². The Labute approximate surface area is 234 Å². The van der Waals surface area contributed by atoms with E-state index < -0.39 is 0 Å². The van der Waals surface area contributed by atoms with Crippen LogP contribution in [0.15, 0.2) is 12.1 Å². The predicted molar refractivity (Wildman–Crippen MR) is 161 cm³/mol. The molecule has 216 valence electrons. The lowest BCUT2D eigenvalue weighted by atomic mass is 9.76. The summed E-state index contributed by atoms with van der Waals surface area (Å²) in [4.78, 5) is 30.9. The highest BCUT2D eigenvalue weighted by molar-refractivity contribution is 5.78. The van der Waals surface area contributed by atoms with Gasteiger partial charge in [-0.2, -0.15) is 0 Å². The van der Waals surface area contributed by atoms with Gasteiger partial charge in [-0.25, -0.2) is 0 Å². The Morgan fingerprint density at radius 3 is 2.18 bits per heavy atom. The van der Waals surface area contributed by atoms with Gasteiger partial charge < -0.3 is 14.2 Å². The van der Waals surface area contributed by atoms with Crippen molar-refractivity contribution in [2.75, 3.05) is 53.9 Å². The first-order valence-corrected chi connectivity index (χ1v) is 15.1. The molecule has 0 radical (unpaired) electrons. The zero-order valence-electron chi connectivity index (χ0n) is 26.4. The first-order valence-electron chi connectivity index (χ1n) is 15.1. The average Bonchev–Trinajstić information content (AvgIpc) is 3.14. The van der Waals surface area contributed by atoms with Crippen molar-refractivity contribution in [3.63, 3.8) is 0 Å². The van der Waals surface area contributed by atoms with E-state index in [1.54, 1.807) is 0 Å². The van der Waals surface area contributed by atoms with E-state index in [9.17, 15) is 9.59 Å². The summed E-state index contributed by atoms with van der Waals surface area (Å²) < 4.78 is 0.911. The van der Waals surface area contributed by atoms with Gasteiger partial charge in [0.05, 0.1) is 34.2 Å². The van der Waals surface area contributed by atoms with Crippen molar-refractivity contribution >= 4 is 12.2 Å². The number of benzene rings is 1. The maximum absolute atomic E-state index is 13.8. The molecule has 1 amide bonds. The molecule has 3 atom stereocenters. The number of rotatable bonds is 15. The first kappa shape index (κ1) is 32.5.